The number of amides is 1. The van der Waals surface area contributed by atoms with Crippen LogP contribution in [0.1, 0.15) is 51.5 Å². The van der Waals surface area contributed by atoms with Gasteiger partial charge in [-0.15, -0.1) is 0 Å². The molecule has 1 aromatic carbocycles. The molecule has 1 amide bonds. The van der Waals surface area contributed by atoms with Crippen molar-refractivity contribution < 1.29 is 9.53 Å². The van der Waals surface area contributed by atoms with Gasteiger partial charge in [-0.3, -0.25) is 5.32 Å². The second-order valence-corrected chi connectivity index (χ2v) is 5.18. The number of ether oxygens (including phenoxy) is 1. The average molecular weight is 287 g/mol. The lowest BCUT2D eigenvalue weighted by atomic mass is 10.0. The van der Waals surface area contributed by atoms with Crippen LogP contribution in [0, 0.1) is 17.8 Å². The van der Waals surface area contributed by atoms with Crippen molar-refractivity contribution in [2.75, 3.05) is 12.4 Å². The molecule has 0 aliphatic heterocycles. The lowest BCUT2D eigenvalue weighted by molar-refractivity contribution is 0.187. The predicted molar refractivity (Wildman–Crippen MR) is 87.3 cm³/mol. The summed E-state index contributed by atoms with van der Waals surface area (Å²) in [4.78, 5) is 11.3. The average Bonchev–Trinajstić information content (AvgIpc) is 2.50. The fourth-order valence-corrected chi connectivity index (χ4v) is 2.01. The first-order chi connectivity index (χ1) is 10.2. The van der Waals surface area contributed by atoms with Crippen molar-refractivity contribution in [3.8, 4) is 11.8 Å². The van der Waals surface area contributed by atoms with Gasteiger partial charge in [0.05, 0.1) is 12.8 Å². The van der Waals surface area contributed by atoms with Gasteiger partial charge < -0.3 is 4.74 Å². The van der Waals surface area contributed by atoms with E-state index in [1.54, 1.807) is 0 Å². The summed E-state index contributed by atoms with van der Waals surface area (Å²) in [6, 6.07) is 7.51. The van der Waals surface area contributed by atoms with E-state index in [0.717, 1.165) is 12.0 Å². The maximum absolute atomic E-state index is 11.3. The normalized spacial score (nSPS) is 11.2. The summed E-state index contributed by atoms with van der Waals surface area (Å²) < 4.78 is 4.61. The standard InChI is InChI=1S/C18H25NO2/c1-4-5-6-7-10-15(2)13-14-16-11-8-9-12-17(16)19-18(20)21-3/h8-9,11-12,15H,4-7,10H2,1-3H3,(H,19,20). The van der Waals surface area contributed by atoms with Crippen molar-refractivity contribution in [2.24, 2.45) is 5.92 Å². The molecule has 0 spiro atoms. The molecule has 0 bridgehead atoms. The summed E-state index contributed by atoms with van der Waals surface area (Å²) in [6.45, 7) is 4.36. The lowest BCUT2D eigenvalue weighted by Gasteiger charge is -2.06. The lowest BCUT2D eigenvalue weighted by Crippen LogP contribution is -2.11. The Morgan fingerprint density at radius 2 is 2.05 bits per heavy atom. The molecule has 0 aliphatic carbocycles. The Kier molecular flexibility index (Phi) is 8.04. The van der Waals surface area contributed by atoms with E-state index >= 15 is 0 Å². The van der Waals surface area contributed by atoms with Crippen LogP contribution in [0.3, 0.4) is 0 Å². The molecule has 114 valence electrons. The molecule has 0 saturated heterocycles. The molecule has 3 heteroatoms. The summed E-state index contributed by atoms with van der Waals surface area (Å²) in [5.74, 6) is 6.80. The second kappa shape index (κ2) is 9.88. The summed E-state index contributed by atoms with van der Waals surface area (Å²) >= 11 is 0. The molecular formula is C18H25NO2. The molecule has 1 atom stereocenters. The molecule has 0 fully saturated rings. The molecule has 1 unspecified atom stereocenters. The quantitative estimate of drug-likeness (QED) is 0.601. The van der Waals surface area contributed by atoms with Gasteiger partial charge in [-0.2, -0.15) is 0 Å². The van der Waals surface area contributed by atoms with Crippen LogP contribution in [0.4, 0.5) is 10.5 Å². The van der Waals surface area contributed by atoms with E-state index < -0.39 is 6.09 Å². The van der Waals surface area contributed by atoms with Gasteiger partial charge >= 0.3 is 6.09 Å². The van der Waals surface area contributed by atoms with Crippen LogP contribution < -0.4 is 5.32 Å². The van der Waals surface area contributed by atoms with Crippen LogP contribution in [0.25, 0.3) is 0 Å². The van der Waals surface area contributed by atoms with Crippen LogP contribution >= 0.6 is 0 Å². The van der Waals surface area contributed by atoms with Gasteiger partial charge in [0, 0.05) is 11.5 Å². The number of hydrogen-bond donors (Lipinski definition) is 1. The minimum Gasteiger partial charge on any atom is -0.453 e. The van der Waals surface area contributed by atoms with Crippen molar-refractivity contribution in [3.05, 3.63) is 29.8 Å². The maximum Gasteiger partial charge on any atom is 0.411 e. The van der Waals surface area contributed by atoms with Crippen LogP contribution in [-0.2, 0) is 4.74 Å². The molecule has 0 heterocycles. The highest BCUT2D eigenvalue weighted by atomic mass is 16.5. The molecule has 0 radical (unpaired) electrons. The first-order valence-corrected chi connectivity index (χ1v) is 7.63. The topological polar surface area (TPSA) is 38.3 Å². The monoisotopic (exact) mass is 287 g/mol. The second-order valence-electron chi connectivity index (χ2n) is 5.18. The molecule has 21 heavy (non-hydrogen) atoms. The molecule has 3 nitrogen and oxygen atoms in total. The smallest absolute Gasteiger partial charge is 0.411 e. The minimum absolute atomic E-state index is 0.369. The number of carbonyl (C=O) groups excluding carboxylic acids is 1. The number of methoxy groups -OCH3 is 1. The Balaban J connectivity index is 2.61. The number of benzene rings is 1. The van der Waals surface area contributed by atoms with Gasteiger partial charge in [0.15, 0.2) is 0 Å². The Morgan fingerprint density at radius 3 is 2.76 bits per heavy atom. The molecule has 1 aromatic rings. The summed E-state index contributed by atoms with van der Waals surface area (Å²) in [7, 11) is 1.35. The Labute approximate surface area is 128 Å². The van der Waals surface area contributed by atoms with Gasteiger partial charge in [0.25, 0.3) is 0 Å². The highest BCUT2D eigenvalue weighted by molar-refractivity contribution is 5.86. The Hall–Kier alpha value is -1.95. The van der Waals surface area contributed by atoms with E-state index in [9.17, 15) is 4.79 Å². The third kappa shape index (κ3) is 6.85. The zero-order valence-corrected chi connectivity index (χ0v) is 13.2. The van der Waals surface area contributed by atoms with Crippen LogP contribution in [-0.4, -0.2) is 13.2 Å². The molecule has 0 saturated carbocycles. The SMILES string of the molecule is CCCCCCC(C)C#Cc1ccccc1NC(=O)OC. The number of rotatable bonds is 6. The summed E-state index contributed by atoms with van der Waals surface area (Å²) in [6.07, 6.45) is 5.71. The highest BCUT2D eigenvalue weighted by Crippen LogP contribution is 2.15. The zero-order valence-electron chi connectivity index (χ0n) is 13.2. The van der Waals surface area contributed by atoms with E-state index in [2.05, 4.69) is 35.7 Å². The van der Waals surface area contributed by atoms with Crippen molar-refractivity contribution in [1.82, 2.24) is 0 Å². The first kappa shape index (κ1) is 17.1. The van der Waals surface area contributed by atoms with Crippen LogP contribution in [0.5, 0.6) is 0 Å². The third-order valence-corrected chi connectivity index (χ3v) is 3.29. The summed E-state index contributed by atoms with van der Waals surface area (Å²) in [5.41, 5.74) is 1.51. The number of para-hydroxylation sites is 1. The van der Waals surface area contributed by atoms with E-state index in [4.69, 9.17) is 0 Å². The molecule has 1 N–H and O–H groups in total. The molecule has 1 rings (SSSR count). The van der Waals surface area contributed by atoms with E-state index in [1.165, 1.54) is 32.8 Å². The van der Waals surface area contributed by atoms with Crippen LogP contribution in [0.15, 0.2) is 24.3 Å². The first-order valence-electron chi connectivity index (χ1n) is 7.63. The van der Waals surface area contributed by atoms with Crippen molar-refractivity contribution in [3.63, 3.8) is 0 Å². The third-order valence-electron chi connectivity index (χ3n) is 3.29. The van der Waals surface area contributed by atoms with Gasteiger partial charge in [-0.25, -0.2) is 4.79 Å². The molecule has 0 aromatic heterocycles. The van der Waals surface area contributed by atoms with E-state index in [-0.39, 0.29) is 0 Å². The van der Waals surface area contributed by atoms with Crippen molar-refractivity contribution >= 4 is 11.8 Å². The number of hydrogen-bond acceptors (Lipinski definition) is 2. The largest absolute Gasteiger partial charge is 0.453 e. The summed E-state index contributed by atoms with van der Waals surface area (Å²) in [5, 5.41) is 2.68. The fourth-order valence-electron chi connectivity index (χ4n) is 2.01. The number of nitrogens with one attached hydrogen (secondary N) is 1. The maximum atomic E-state index is 11.3. The van der Waals surface area contributed by atoms with Gasteiger partial charge in [0.2, 0.25) is 0 Å². The predicted octanol–water partition coefficient (Wildman–Crippen LogP) is 4.82. The number of carbonyl (C=O) groups is 1. The minimum atomic E-state index is -0.475. The van der Waals surface area contributed by atoms with Crippen molar-refractivity contribution in [2.45, 2.75) is 46.0 Å². The molecule has 0 aliphatic rings. The van der Waals surface area contributed by atoms with Crippen molar-refractivity contribution in [1.29, 1.82) is 0 Å². The fraction of sp³-hybridized carbons (Fsp3) is 0.500. The van der Waals surface area contributed by atoms with E-state index in [0.29, 0.717) is 11.6 Å². The molecular weight excluding hydrogens is 262 g/mol. The zero-order chi connectivity index (χ0) is 15.5. The van der Waals surface area contributed by atoms with E-state index in [1.807, 2.05) is 24.3 Å². The Bertz CT molecular complexity index is 499. The highest BCUT2D eigenvalue weighted by Gasteiger charge is 2.04. The van der Waals surface area contributed by atoms with Gasteiger partial charge in [0.1, 0.15) is 0 Å². The Morgan fingerprint density at radius 1 is 1.29 bits per heavy atom. The van der Waals surface area contributed by atoms with Gasteiger partial charge in [-0.05, 0) is 18.6 Å². The number of anilines is 1. The van der Waals surface area contributed by atoms with Gasteiger partial charge in [-0.1, -0.05) is 63.5 Å². The van der Waals surface area contributed by atoms with Crippen LogP contribution in [0.2, 0.25) is 0 Å². The number of unbranched alkanes of at least 4 members (excludes halogenated alkanes) is 3.